The maximum absolute atomic E-state index is 14.6. The van der Waals surface area contributed by atoms with Gasteiger partial charge in [-0.25, -0.2) is 14.4 Å². The molecule has 176 valence electrons. The highest BCUT2D eigenvalue weighted by Crippen LogP contribution is 2.36. The molecule has 1 saturated heterocycles. The zero-order valence-corrected chi connectivity index (χ0v) is 19.3. The lowest BCUT2D eigenvalue weighted by Gasteiger charge is -2.31. The maximum atomic E-state index is 14.6. The Kier molecular flexibility index (Phi) is 5.89. The highest BCUT2D eigenvalue weighted by atomic mass is 19.1. The number of aromatic nitrogens is 3. The minimum Gasteiger partial charge on any atom is -0.398 e. The van der Waals surface area contributed by atoms with E-state index in [4.69, 9.17) is 16.5 Å². The number of benzene rings is 2. The van der Waals surface area contributed by atoms with Crippen LogP contribution in [0.1, 0.15) is 24.0 Å². The number of halogens is 1. The Bertz CT molecular complexity index is 1480. The first-order valence-corrected chi connectivity index (χ1v) is 11.4. The number of hydrogen-bond acceptors (Lipinski definition) is 7. The van der Waals surface area contributed by atoms with Gasteiger partial charge in [-0.1, -0.05) is 12.1 Å². The Morgan fingerprint density at radius 2 is 2.06 bits per heavy atom. The van der Waals surface area contributed by atoms with E-state index in [0.29, 0.717) is 29.1 Å². The summed E-state index contributed by atoms with van der Waals surface area (Å²) in [6, 6.07) is 12.1. The van der Waals surface area contributed by atoms with Crippen molar-refractivity contribution in [2.75, 3.05) is 30.8 Å². The van der Waals surface area contributed by atoms with Gasteiger partial charge in [-0.05, 0) is 37.1 Å². The molecule has 1 aliphatic heterocycles. The first-order chi connectivity index (χ1) is 17.0. The summed E-state index contributed by atoms with van der Waals surface area (Å²) in [4.78, 5) is 15.9. The second-order valence-electron chi connectivity index (χ2n) is 8.64. The fourth-order valence-electron chi connectivity index (χ4n) is 4.59. The molecule has 4 aromatic rings. The number of anilines is 2. The van der Waals surface area contributed by atoms with Crippen molar-refractivity contribution in [2.24, 2.45) is 10.7 Å². The van der Waals surface area contributed by atoms with Crippen molar-refractivity contribution < 1.29 is 4.39 Å². The molecule has 0 bridgehead atoms. The van der Waals surface area contributed by atoms with E-state index < -0.39 is 5.82 Å². The van der Waals surface area contributed by atoms with Gasteiger partial charge in [-0.2, -0.15) is 5.26 Å². The van der Waals surface area contributed by atoms with Crippen LogP contribution in [0.25, 0.3) is 28.2 Å². The van der Waals surface area contributed by atoms with Gasteiger partial charge in [0.2, 0.25) is 0 Å². The fourth-order valence-corrected chi connectivity index (χ4v) is 4.59. The fraction of sp³-hybridized carbons (Fsp3) is 0.231. The molecule has 1 aliphatic rings. The summed E-state index contributed by atoms with van der Waals surface area (Å²) in [6.07, 6.45) is 7.23. The highest BCUT2D eigenvalue weighted by molar-refractivity contribution is 5.92. The number of piperidine rings is 1. The summed E-state index contributed by atoms with van der Waals surface area (Å²) in [5, 5.41) is 9.18. The lowest BCUT2D eigenvalue weighted by molar-refractivity contribution is 0.503. The number of nitrogen functional groups attached to an aromatic ring is 1. The van der Waals surface area contributed by atoms with Crippen LogP contribution >= 0.6 is 0 Å². The van der Waals surface area contributed by atoms with Gasteiger partial charge in [0.25, 0.3) is 0 Å². The van der Waals surface area contributed by atoms with Crippen molar-refractivity contribution in [3.63, 3.8) is 0 Å². The Hall–Kier alpha value is -4.29. The lowest BCUT2D eigenvalue weighted by atomic mass is 10.0. The molecule has 35 heavy (non-hydrogen) atoms. The molecule has 0 aliphatic carbocycles. The summed E-state index contributed by atoms with van der Waals surface area (Å²) in [7, 11) is 1.69. The largest absolute Gasteiger partial charge is 0.398 e. The number of nitriles is 1. The van der Waals surface area contributed by atoms with Crippen molar-refractivity contribution in [3.05, 3.63) is 65.7 Å². The maximum Gasteiger partial charge on any atom is 0.181 e. The van der Waals surface area contributed by atoms with E-state index in [9.17, 15) is 9.65 Å². The van der Waals surface area contributed by atoms with Crippen LogP contribution in [0.5, 0.6) is 0 Å². The van der Waals surface area contributed by atoms with Gasteiger partial charge in [0.05, 0.1) is 17.0 Å². The predicted molar refractivity (Wildman–Crippen MR) is 136 cm³/mol. The number of hydrogen-bond donors (Lipinski definition) is 2. The summed E-state index contributed by atoms with van der Waals surface area (Å²) >= 11 is 0. The van der Waals surface area contributed by atoms with Crippen LogP contribution in [0, 0.1) is 17.1 Å². The second-order valence-corrected chi connectivity index (χ2v) is 8.64. The van der Waals surface area contributed by atoms with Crippen molar-refractivity contribution in [3.8, 4) is 28.6 Å². The zero-order valence-electron chi connectivity index (χ0n) is 19.3. The van der Waals surface area contributed by atoms with E-state index in [1.165, 1.54) is 12.1 Å². The molecular formula is C26H25FN8. The molecule has 8 nitrogen and oxygen atoms in total. The van der Waals surface area contributed by atoms with E-state index in [1.54, 1.807) is 25.5 Å². The molecular weight excluding hydrogens is 443 g/mol. The molecule has 1 atom stereocenters. The monoisotopic (exact) mass is 468 g/mol. The van der Waals surface area contributed by atoms with Crippen LogP contribution in [-0.2, 0) is 0 Å². The lowest BCUT2D eigenvalue weighted by Crippen LogP contribution is -2.43. The van der Waals surface area contributed by atoms with Gasteiger partial charge in [-0.15, -0.1) is 0 Å². The summed E-state index contributed by atoms with van der Waals surface area (Å²) in [5.74, 6) is 0.138. The normalized spacial score (nSPS) is 16.2. The van der Waals surface area contributed by atoms with E-state index in [2.05, 4.69) is 14.9 Å². The third-order valence-corrected chi connectivity index (χ3v) is 6.27. The quantitative estimate of drug-likeness (QED) is 0.348. The molecule has 5 rings (SSSR count). The molecule has 9 heteroatoms. The highest BCUT2D eigenvalue weighted by Gasteiger charge is 2.24. The third-order valence-electron chi connectivity index (χ3n) is 6.27. The number of aliphatic imine (C=N–C) groups is 1. The minimum atomic E-state index is -0.593. The summed E-state index contributed by atoms with van der Waals surface area (Å²) in [6.45, 7) is 1.52. The van der Waals surface area contributed by atoms with Crippen LogP contribution in [0.3, 0.4) is 0 Å². The number of imidazole rings is 1. The Balaban J connectivity index is 1.78. The predicted octanol–water partition coefficient (Wildman–Crippen LogP) is 3.63. The van der Waals surface area contributed by atoms with E-state index in [1.807, 2.05) is 34.9 Å². The van der Waals surface area contributed by atoms with Crippen LogP contribution < -0.4 is 16.4 Å². The van der Waals surface area contributed by atoms with Gasteiger partial charge in [0.1, 0.15) is 11.9 Å². The molecule has 4 N–H and O–H groups in total. The summed E-state index contributed by atoms with van der Waals surface area (Å²) in [5.41, 5.74) is 17.1. The molecule has 0 radical (unpaired) electrons. The molecule has 0 spiro atoms. The summed E-state index contributed by atoms with van der Waals surface area (Å²) < 4.78 is 16.6. The average Bonchev–Trinajstić information content (AvgIpc) is 3.25. The number of nitrogens with two attached hydrogens (primary N) is 2. The molecule has 3 heterocycles. The number of fused-ring (bicyclic) bond motifs is 1. The van der Waals surface area contributed by atoms with Gasteiger partial charge < -0.3 is 16.4 Å². The SMILES string of the molecule is CN=Cc1cc(-c2c(-c3ccc(C#N)c(F)c3)nc3c(N4CCCC(N)C4)nccn23)ccc1N. The number of rotatable bonds is 4. The van der Waals surface area contributed by atoms with Crippen molar-refractivity contribution in [1.82, 2.24) is 14.4 Å². The Morgan fingerprint density at radius 1 is 1.23 bits per heavy atom. The van der Waals surface area contributed by atoms with E-state index in [-0.39, 0.29) is 11.6 Å². The topological polar surface area (TPSA) is 122 Å². The van der Waals surface area contributed by atoms with Gasteiger partial charge >= 0.3 is 0 Å². The van der Waals surface area contributed by atoms with Gasteiger partial charge in [0, 0.05) is 67.2 Å². The average molecular weight is 469 g/mol. The Morgan fingerprint density at radius 3 is 2.80 bits per heavy atom. The standard InChI is InChI=1S/C26H25FN8/c1-31-14-19-11-17(6-7-22(19)30)24-23(16-4-5-18(13-28)21(27)12-16)33-26-25(32-8-10-35(24)26)34-9-2-3-20(29)15-34/h4-8,10-12,14,20H,2-3,9,15,29-30H2,1H3. The first-order valence-electron chi connectivity index (χ1n) is 11.4. The third kappa shape index (κ3) is 4.09. The Labute approximate surface area is 202 Å². The van der Waals surface area contributed by atoms with Crippen molar-refractivity contribution >= 4 is 23.4 Å². The van der Waals surface area contributed by atoms with Gasteiger partial charge in [0.15, 0.2) is 11.5 Å². The van der Waals surface area contributed by atoms with Gasteiger partial charge in [-0.3, -0.25) is 9.39 Å². The molecule has 0 amide bonds. The van der Waals surface area contributed by atoms with Crippen LogP contribution in [-0.4, -0.2) is 46.8 Å². The van der Waals surface area contributed by atoms with Crippen LogP contribution in [0.4, 0.5) is 15.9 Å². The van der Waals surface area contributed by atoms with E-state index >= 15 is 0 Å². The molecule has 2 aromatic heterocycles. The van der Waals surface area contributed by atoms with Crippen LogP contribution in [0.2, 0.25) is 0 Å². The molecule has 1 unspecified atom stereocenters. The molecule has 2 aromatic carbocycles. The first kappa shape index (κ1) is 22.5. The smallest absolute Gasteiger partial charge is 0.181 e. The molecule has 0 saturated carbocycles. The second kappa shape index (κ2) is 9.16. The van der Waals surface area contributed by atoms with E-state index in [0.717, 1.165) is 42.0 Å². The van der Waals surface area contributed by atoms with Crippen molar-refractivity contribution in [1.29, 1.82) is 5.26 Å². The zero-order chi connectivity index (χ0) is 24.5. The van der Waals surface area contributed by atoms with Crippen LogP contribution in [0.15, 0.2) is 53.8 Å². The minimum absolute atomic E-state index is 0.0161. The number of nitrogens with zero attached hydrogens (tertiary/aromatic N) is 6. The molecule has 1 fully saturated rings. The van der Waals surface area contributed by atoms with Crippen molar-refractivity contribution in [2.45, 2.75) is 18.9 Å².